The minimum atomic E-state index is -3.70. The summed E-state index contributed by atoms with van der Waals surface area (Å²) in [4.78, 5) is 12.8. The fraction of sp³-hybridized carbons (Fsp3) is 0.381. The monoisotopic (exact) mass is 438 g/mol. The van der Waals surface area contributed by atoms with Crippen LogP contribution in [0, 0.1) is 5.92 Å². The summed E-state index contributed by atoms with van der Waals surface area (Å²) in [5, 5.41) is 3.23. The van der Waals surface area contributed by atoms with E-state index in [-0.39, 0.29) is 23.3 Å². The minimum Gasteiger partial charge on any atom is -0.497 e. The Bertz CT molecular complexity index is 930. The molecule has 0 aliphatic carbocycles. The number of sulfonamides is 1. The molecule has 0 aromatic heterocycles. The predicted molar refractivity (Wildman–Crippen MR) is 117 cm³/mol. The first-order valence-corrected chi connectivity index (χ1v) is 11.5. The number of ether oxygens (including phenoxy) is 1. The summed E-state index contributed by atoms with van der Waals surface area (Å²) >= 11 is 6.16. The molecule has 0 aliphatic rings. The number of rotatable bonds is 9. The first kappa shape index (κ1) is 23.0. The molecule has 2 rings (SSSR count). The van der Waals surface area contributed by atoms with Gasteiger partial charge in [0.15, 0.2) is 0 Å². The molecule has 0 aliphatic heterocycles. The zero-order valence-electron chi connectivity index (χ0n) is 17.1. The van der Waals surface area contributed by atoms with E-state index in [1.807, 2.05) is 24.3 Å². The number of anilines is 1. The lowest BCUT2D eigenvalue weighted by Crippen LogP contribution is -2.42. The number of nitrogens with one attached hydrogen (secondary N) is 1. The highest BCUT2D eigenvalue weighted by Gasteiger charge is 2.24. The third-order valence-electron chi connectivity index (χ3n) is 4.37. The molecule has 1 atom stereocenters. The lowest BCUT2D eigenvalue weighted by molar-refractivity contribution is -0.120. The van der Waals surface area contributed by atoms with Gasteiger partial charge in [-0.15, -0.1) is 0 Å². The SMILES string of the molecule is COc1ccc([C@@H](CC(C)C)NC(=O)CN(c2ccccc2Cl)S(C)(=O)=O)cc1. The van der Waals surface area contributed by atoms with Crippen molar-refractivity contribution in [3.05, 3.63) is 59.1 Å². The van der Waals surface area contributed by atoms with Crippen molar-refractivity contribution in [1.29, 1.82) is 0 Å². The number of hydrogen-bond acceptors (Lipinski definition) is 4. The molecule has 0 spiro atoms. The van der Waals surface area contributed by atoms with E-state index in [1.165, 1.54) is 0 Å². The van der Waals surface area contributed by atoms with Crippen molar-refractivity contribution in [2.75, 3.05) is 24.2 Å². The highest BCUT2D eigenvalue weighted by Crippen LogP contribution is 2.28. The number of hydrogen-bond donors (Lipinski definition) is 1. The molecule has 0 radical (unpaired) electrons. The third kappa shape index (κ3) is 6.65. The second kappa shape index (κ2) is 9.98. The molecule has 2 aromatic rings. The van der Waals surface area contributed by atoms with E-state index in [9.17, 15) is 13.2 Å². The van der Waals surface area contributed by atoms with Gasteiger partial charge in [0.2, 0.25) is 15.9 Å². The van der Waals surface area contributed by atoms with Crippen molar-refractivity contribution < 1.29 is 17.9 Å². The average molecular weight is 439 g/mol. The molecule has 0 unspecified atom stereocenters. The first-order chi connectivity index (χ1) is 13.6. The van der Waals surface area contributed by atoms with Crippen LogP contribution in [0.25, 0.3) is 0 Å². The number of carbonyl (C=O) groups is 1. The molecule has 8 heteroatoms. The van der Waals surface area contributed by atoms with Crippen molar-refractivity contribution in [2.24, 2.45) is 5.92 Å². The van der Waals surface area contributed by atoms with Crippen LogP contribution in [0.2, 0.25) is 5.02 Å². The van der Waals surface area contributed by atoms with Gasteiger partial charge in [0.25, 0.3) is 0 Å². The van der Waals surface area contributed by atoms with E-state index >= 15 is 0 Å². The maximum absolute atomic E-state index is 12.8. The Kier molecular flexibility index (Phi) is 7.93. The quantitative estimate of drug-likeness (QED) is 0.641. The summed E-state index contributed by atoms with van der Waals surface area (Å²) < 4.78 is 30.8. The molecule has 0 heterocycles. The Morgan fingerprint density at radius 2 is 1.76 bits per heavy atom. The van der Waals surface area contributed by atoms with Crippen LogP contribution in [0.4, 0.5) is 5.69 Å². The van der Waals surface area contributed by atoms with E-state index < -0.39 is 15.9 Å². The molecular formula is C21H27ClN2O4S. The molecule has 0 fully saturated rings. The minimum absolute atomic E-state index is 0.249. The average Bonchev–Trinajstić information content (AvgIpc) is 2.65. The van der Waals surface area contributed by atoms with Crippen LogP contribution in [0.1, 0.15) is 31.9 Å². The molecule has 1 N–H and O–H groups in total. The van der Waals surface area contributed by atoms with Crippen molar-refractivity contribution in [2.45, 2.75) is 26.3 Å². The van der Waals surface area contributed by atoms with Gasteiger partial charge < -0.3 is 10.1 Å². The van der Waals surface area contributed by atoms with Crippen LogP contribution in [0.3, 0.4) is 0 Å². The second-order valence-corrected chi connectivity index (χ2v) is 9.56. The molecular weight excluding hydrogens is 412 g/mol. The normalized spacial score (nSPS) is 12.5. The van der Waals surface area contributed by atoms with Gasteiger partial charge in [-0.05, 0) is 42.2 Å². The molecule has 2 aromatic carbocycles. The van der Waals surface area contributed by atoms with Crippen LogP contribution in [0.5, 0.6) is 5.75 Å². The van der Waals surface area contributed by atoms with Crippen molar-refractivity contribution in [3.63, 3.8) is 0 Å². The maximum atomic E-state index is 12.8. The van der Waals surface area contributed by atoms with Gasteiger partial charge in [0, 0.05) is 0 Å². The van der Waals surface area contributed by atoms with Crippen molar-refractivity contribution in [1.82, 2.24) is 5.32 Å². The zero-order chi connectivity index (χ0) is 21.6. The highest BCUT2D eigenvalue weighted by atomic mass is 35.5. The smallest absolute Gasteiger partial charge is 0.241 e. The van der Waals surface area contributed by atoms with Crippen LogP contribution in [0.15, 0.2) is 48.5 Å². The van der Waals surface area contributed by atoms with E-state index in [0.29, 0.717) is 12.3 Å². The second-order valence-electron chi connectivity index (χ2n) is 7.24. The predicted octanol–water partition coefficient (Wildman–Crippen LogP) is 4.02. The number of amides is 1. The fourth-order valence-corrected chi connectivity index (χ4v) is 4.15. The highest BCUT2D eigenvalue weighted by molar-refractivity contribution is 7.92. The molecule has 6 nitrogen and oxygen atoms in total. The summed E-state index contributed by atoms with van der Waals surface area (Å²) in [6.07, 6.45) is 1.77. The van der Waals surface area contributed by atoms with E-state index in [4.69, 9.17) is 16.3 Å². The number of carbonyl (C=O) groups excluding carboxylic acids is 1. The largest absolute Gasteiger partial charge is 0.497 e. The van der Waals surface area contributed by atoms with Crippen molar-refractivity contribution >= 4 is 33.2 Å². The summed E-state index contributed by atoms with van der Waals surface area (Å²) in [6, 6.07) is 13.8. The van der Waals surface area contributed by atoms with Gasteiger partial charge in [0.1, 0.15) is 12.3 Å². The van der Waals surface area contributed by atoms with Crippen LogP contribution >= 0.6 is 11.6 Å². The summed E-state index contributed by atoms with van der Waals surface area (Å²) in [6.45, 7) is 3.78. The van der Waals surface area contributed by atoms with Crippen LogP contribution < -0.4 is 14.4 Å². The lowest BCUT2D eigenvalue weighted by Gasteiger charge is -2.26. The maximum Gasteiger partial charge on any atom is 0.241 e. The molecule has 0 bridgehead atoms. The first-order valence-electron chi connectivity index (χ1n) is 9.27. The Balaban J connectivity index is 2.23. The number of methoxy groups -OCH3 is 1. The van der Waals surface area contributed by atoms with Gasteiger partial charge in [-0.1, -0.05) is 49.7 Å². The Hall–Kier alpha value is -2.25. The van der Waals surface area contributed by atoms with Gasteiger partial charge in [-0.25, -0.2) is 8.42 Å². The van der Waals surface area contributed by atoms with Gasteiger partial charge in [0.05, 0.1) is 30.1 Å². The number of nitrogens with zero attached hydrogens (tertiary/aromatic N) is 1. The van der Waals surface area contributed by atoms with E-state index in [0.717, 1.165) is 21.9 Å². The topological polar surface area (TPSA) is 75.7 Å². The van der Waals surface area contributed by atoms with Crippen LogP contribution in [-0.2, 0) is 14.8 Å². The Labute approximate surface area is 177 Å². The molecule has 1 amide bonds. The fourth-order valence-electron chi connectivity index (χ4n) is 2.99. The Morgan fingerprint density at radius 3 is 2.28 bits per heavy atom. The number of para-hydroxylation sites is 1. The third-order valence-corrected chi connectivity index (χ3v) is 5.82. The van der Waals surface area contributed by atoms with Crippen molar-refractivity contribution in [3.8, 4) is 5.75 Å². The summed E-state index contributed by atoms with van der Waals surface area (Å²) in [5.41, 5.74) is 1.20. The molecule has 0 saturated heterocycles. The summed E-state index contributed by atoms with van der Waals surface area (Å²) in [7, 11) is -2.10. The molecule has 158 valence electrons. The van der Waals surface area contributed by atoms with Crippen LogP contribution in [-0.4, -0.2) is 34.2 Å². The summed E-state index contributed by atoms with van der Waals surface area (Å²) in [5.74, 6) is 0.652. The van der Waals surface area contributed by atoms with E-state index in [1.54, 1.807) is 31.4 Å². The zero-order valence-corrected chi connectivity index (χ0v) is 18.6. The number of halogens is 1. The van der Waals surface area contributed by atoms with Gasteiger partial charge in [-0.3, -0.25) is 9.10 Å². The standard InChI is InChI=1S/C21H27ClN2O4S/c1-15(2)13-19(16-9-11-17(28-3)12-10-16)23-21(25)14-24(29(4,26)27)20-8-6-5-7-18(20)22/h5-12,15,19H,13-14H2,1-4H3,(H,23,25)/t19-/m1/s1. The molecule has 0 saturated carbocycles. The Morgan fingerprint density at radius 1 is 1.14 bits per heavy atom. The van der Waals surface area contributed by atoms with Gasteiger partial charge >= 0.3 is 0 Å². The molecule has 29 heavy (non-hydrogen) atoms. The van der Waals surface area contributed by atoms with Gasteiger partial charge in [-0.2, -0.15) is 0 Å². The van der Waals surface area contributed by atoms with E-state index in [2.05, 4.69) is 19.2 Å². The lowest BCUT2D eigenvalue weighted by atomic mass is 9.97. The number of benzene rings is 2.